The Labute approximate surface area is 170 Å². The van der Waals surface area contributed by atoms with Crippen molar-refractivity contribution >= 4 is 17.3 Å². The van der Waals surface area contributed by atoms with E-state index in [0.29, 0.717) is 47.0 Å². The normalized spacial score (nSPS) is 14.9. The fourth-order valence-electron chi connectivity index (χ4n) is 3.99. The summed E-state index contributed by atoms with van der Waals surface area (Å²) in [4.78, 5) is 17.6. The van der Waals surface area contributed by atoms with Gasteiger partial charge in [0, 0.05) is 35.9 Å². The molecule has 30 heavy (non-hydrogen) atoms. The lowest BCUT2D eigenvalue weighted by molar-refractivity contribution is -0.132. The van der Waals surface area contributed by atoms with Crippen LogP contribution in [0.3, 0.4) is 0 Å². The Kier molecular flexibility index (Phi) is 4.78. The van der Waals surface area contributed by atoms with E-state index in [2.05, 4.69) is 15.8 Å². The zero-order valence-electron chi connectivity index (χ0n) is 16.2. The van der Waals surface area contributed by atoms with E-state index in [-0.39, 0.29) is 23.4 Å². The third-order valence-corrected chi connectivity index (χ3v) is 5.30. The Bertz CT molecular complexity index is 1140. The maximum atomic E-state index is 13.0. The molecule has 0 saturated heterocycles. The van der Waals surface area contributed by atoms with Gasteiger partial charge in [-0.1, -0.05) is 0 Å². The Hall–Kier alpha value is -3.67. The third kappa shape index (κ3) is 3.01. The number of benzene rings is 1. The molecule has 0 spiro atoms. The molecule has 154 valence electrons. The molecule has 1 aromatic carbocycles. The summed E-state index contributed by atoms with van der Waals surface area (Å²) in [7, 11) is 0. The van der Waals surface area contributed by atoms with Crippen LogP contribution in [0.25, 0.3) is 0 Å². The molecule has 3 heterocycles. The molecule has 0 fully saturated rings. The van der Waals surface area contributed by atoms with E-state index in [0.717, 1.165) is 5.56 Å². The van der Waals surface area contributed by atoms with Gasteiger partial charge in [0.25, 0.3) is 0 Å². The van der Waals surface area contributed by atoms with Crippen LogP contribution in [-0.4, -0.2) is 29.3 Å². The fraction of sp³-hybridized carbons (Fsp3) is 0.286. The number of carboxylic acids is 1. The molecule has 0 amide bonds. The standard InChI is InChI=1S/C21H17F2N3O4/c1-10-9-25-19(30-21(22)23)15-7-14(20(27)28)11(2)26(17(10)15)16-4-3-12(8-24)13-5-6-29-18(13)16/h3-4,9,21H,5-7H2,1-2H3,(H,27,28). The smallest absolute Gasteiger partial charge is 0.388 e. The molecule has 9 heteroatoms. The van der Waals surface area contributed by atoms with Crippen LogP contribution in [0.15, 0.2) is 29.6 Å². The maximum absolute atomic E-state index is 13.0. The molecule has 0 atom stereocenters. The van der Waals surface area contributed by atoms with Crippen LogP contribution < -0.4 is 14.4 Å². The zero-order valence-corrected chi connectivity index (χ0v) is 16.2. The highest BCUT2D eigenvalue weighted by atomic mass is 19.3. The van der Waals surface area contributed by atoms with E-state index >= 15 is 0 Å². The number of nitriles is 1. The molecule has 4 rings (SSSR count). The molecule has 2 aliphatic rings. The molecule has 0 aliphatic carbocycles. The van der Waals surface area contributed by atoms with Crippen LogP contribution in [0.4, 0.5) is 20.2 Å². The van der Waals surface area contributed by atoms with E-state index in [1.165, 1.54) is 6.20 Å². The summed E-state index contributed by atoms with van der Waals surface area (Å²) in [5.74, 6) is -0.995. The number of aromatic nitrogens is 1. The minimum Gasteiger partial charge on any atom is -0.491 e. The molecule has 0 bridgehead atoms. The summed E-state index contributed by atoms with van der Waals surface area (Å²) in [6.07, 6.45) is 1.85. The number of rotatable bonds is 4. The predicted molar refractivity (Wildman–Crippen MR) is 102 cm³/mol. The number of hydrogen-bond acceptors (Lipinski definition) is 6. The third-order valence-electron chi connectivity index (χ3n) is 5.30. The molecule has 0 unspecified atom stereocenters. The molecule has 0 saturated carbocycles. The number of ether oxygens (including phenoxy) is 2. The first kappa shape index (κ1) is 19.6. The first-order chi connectivity index (χ1) is 14.3. The maximum Gasteiger partial charge on any atom is 0.388 e. The van der Waals surface area contributed by atoms with Crippen LogP contribution in [0, 0.1) is 18.3 Å². The molecular formula is C21H17F2N3O4. The van der Waals surface area contributed by atoms with Gasteiger partial charge in [-0.3, -0.25) is 0 Å². The predicted octanol–water partition coefficient (Wildman–Crippen LogP) is 3.85. The van der Waals surface area contributed by atoms with Crippen molar-refractivity contribution in [1.29, 1.82) is 5.26 Å². The zero-order chi connectivity index (χ0) is 21.6. The topological polar surface area (TPSA) is 95.7 Å². The van der Waals surface area contributed by atoms with E-state index in [1.807, 2.05) is 0 Å². The highest BCUT2D eigenvalue weighted by Crippen LogP contribution is 2.49. The van der Waals surface area contributed by atoms with Crippen LogP contribution in [0.2, 0.25) is 0 Å². The van der Waals surface area contributed by atoms with Gasteiger partial charge in [-0.05, 0) is 31.5 Å². The van der Waals surface area contributed by atoms with E-state index < -0.39 is 12.6 Å². The number of pyridine rings is 1. The van der Waals surface area contributed by atoms with Crippen molar-refractivity contribution < 1.29 is 28.2 Å². The number of nitrogens with zero attached hydrogens (tertiary/aromatic N) is 3. The lowest BCUT2D eigenvalue weighted by Crippen LogP contribution is -2.28. The lowest BCUT2D eigenvalue weighted by atomic mass is 9.93. The van der Waals surface area contributed by atoms with Gasteiger partial charge < -0.3 is 19.5 Å². The average molecular weight is 413 g/mol. The second kappa shape index (κ2) is 7.30. The van der Waals surface area contributed by atoms with Gasteiger partial charge in [0.05, 0.1) is 35.2 Å². The monoisotopic (exact) mass is 413 g/mol. The fourth-order valence-corrected chi connectivity index (χ4v) is 3.99. The van der Waals surface area contributed by atoms with Gasteiger partial charge in [-0.15, -0.1) is 0 Å². The van der Waals surface area contributed by atoms with Gasteiger partial charge in [0.2, 0.25) is 5.88 Å². The van der Waals surface area contributed by atoms with Crippen LogP contribution in [-0.2, 0) is 17.6 Å². The van der Waals surface area contributed by atoms with Crippen molar-refractivity contribution in [2.75, 3.05) is 11.5 Å². The summed E-state index contributed by atoms with van der Waals surface area (Å²) in [6.45, 7) is 0.708. The summed E-state index contributed by atoms with van der Waals surface area (Å²) >= 11 is 0. The number of anilines is 2. The second-order valence-electron chi connectivity index (χ2n) is 6.98. The number of fused-ring (bicyclic) bond motifs is 2. The number of halogens is 2. The van der Waals surface area contributed by atoms with Crippen molar-refractivity contribution in [2.45, 2.75) is 33.3 Å². The highest BCUT2D eigenvalue weighted by Gasteiger charge is 2.35. The number of hydrogen-bond donors (Lipinski definition) is 1. The first-order valence-electron chi connectivity index (χ1n) is 9.18. The van der Waals surface area contributed by atoms with E-state index in [1.54, 1.807) is 30.9 Å². The van der Waals surface area contributed by atoms with Crippen molar-refractivity contribution in [3.05, 3.63) is 51.9 Å². The molecule has 2 aliphatic heterocycles. The number of carbonyl (C=O) groups is 1. The Balaban J connectivity index is 2.01. The van der Waals surface area contributed by atoms with Gasteiger partial charge >= 0.3 is 12.6 Å². The van der Waals surface area contributed by atoms with Crippen molar-refractivity contribution in [2.24, 2.45) is 0 Å². The van der Waals surface area contributed by atoms with E-state index in [9.17, 15) is 23.9 Å². The van der Waals surface area contributed by atoms with Gasteiger partial charge in [-0.2, -0.15) is 14.0 Å². The van der Waals surface area contributed by atoms with Gasteiger partial charge in [0.1, 0.15) is 5.75 Å². The number of carboxylic acid groups (broad SMARTS) is 1. The Morgan fingerprint density at radius 2 is 2.13 bits per heavy atom. The van der Waals surface area contributed by atoms with Crippen molar-refractivity contribution in [1.82, 2.24) is 4.98 Å². The number of aliphatic carboxylic acids is 1. The summed E-state index contributed by atoms with van der Waals surface area (Å²) in [6, 6.07) is 5.46. The first-order valence-corrected chi connectivity index (χ1v) is 9.18. The Morgan fingerprint density at radius 1 is 1.37 bits per heavy atom. The SMILES string of the molecule is CC1=C(C(=O)O)Cc2c(OC(F)F)ncc(C)c2N1c1ccc(C#N)c2c1OCC2. The quantitative estimate of drug-likeness (QED) is 0.813. The molecular weight excluding hydrogens is 396 g/mol. The number of alkyl halides is 2. The molecule has 7 nitrogen and oxygen atoms in total. The van der Waals surface area contributed by atoms with Crippen LogP contribution >= 0.6 is 0 Å². The number of allylic oxidation sites excluding steroid dienone is 1. The second-order valence-corrected chi connectivity index (χ2v) is 6.98. The summed E-state index contributed by atoms with van der Waals surface area (Å²) < 4.78 is 36.3. The van der Waals surface area contributed by atoms with Gasteiger partial charge in [0.15, 0.2) is 0 Å². The largest absolute Gasteiger partial charge is 0.491 e. The summed E-state index contributed by atoms with van der Waals surface area (Å²) in [5, 5.41) is 19.1. The van der Waals surface area contributed by atoms with Crippen molar-refractivity contribution in [3.8, 4) is 17.7 Å². The average Bonchev–Trinajstić information content (AvgIpc) is 3.19. The van der Waals surface area contributed by atoms with Crippen molar-refractivity contribution in [3.63, 3.8) is 0 Å². The molecule has 1 aromatic heterocycles. The molecule has 0 radical (unpaired) electrons. The highest BCUT2D eigenvalue weighted by molar-refractivity contribution is 5.94. The Morgan fingerprint density at radius 3 is 2.80 bits per heavy atom. The number of aryl methyl sites for hydroxylation is 1. The molecule has 2 aromatic rings. The minimum absolute atomic E-state index is 0.0325. The van der Waals surface area contributed by atoms with Gasteiger partial charge in [-0.25, -0.2) is 9.78 Å². The molecule has 1 N–H and O–H groups in total. The van der Waals surface area contributed by atoms with Crippen LogP contribution in [0.5, 0.6) is 11.6 Å². The minimum atomic E-state index is -3.10. The lowest BCUT2D eigenvalue weighted by Gasteiger charge is -2.35. The van der Waals surface area contributed by atoms with E-state index in [4.69, 9.17) is 4.74 Å². The van der Waals surface area contributed by atoms with Crippen LogP contribution in [0.1, 0.15) is 29.2 Å². The summed E-state index contributed by atoms with van der Waals surface area (Å²) in [5.41, 5.74) is 3.65.